The van der Waals surface area contributed by atoms with Gasteiger partial charge in [-0.05, 0) is 72.9 Å². The number of nitrogens with two attached hydrogens (primary N) is 1. The number of aromatic nitrogens is 1. The van der Waals surface area contributed by atoms with Crippen molar-refractivity contribution < 1.29 is 14.3 Å². The summed E-state index contributed by atoms with van der Waals surface area (Å²) in [5, 5.41) is 3.35. The molecule has 4 aromatic rings. The van der Waals surface area contributed by atoms with Gasteiger partial charge in [0.25, 0.3) is 5.91 Å². The Bertz CT molecular complexity index is 1470. The number of carbonyl (C=O) groups is 2. The Balaban J connectivity index is 1.43. The highest BCUT2D eigenvalue weighted by Gasteiger charge is 2.34. The fourth-order valence-corrected chi connectivity index (χ4v) is 5.03. The van der Waals surface area contributed by atoms with E-state index in [1.54, 1.807) is 6.07 Å². The van der Waals surface area contributed by atoms with Gasteiger partial charge in [-0.2, -0.15) is 0 Å². The van der Waals surface area contributed by atoms with Crippen molar-refractivity contribution in [2.45, 2.75) is 40.2 Å². The Morgan fingerprint density at radius 2 is 1.73 bits per heavy atom. The Morgan fingerprint density at radius 3 is 2.43 bits per heavy atom. The van der Waals surface area contributed by atoms with Crippen molar-refractivity contribution >= 4 is 23.1 Å². The first-order valence-corrected chi connectivity index (χ1v) is 12.4. The molecule has 1 aromatic heterocycles. The number of benzene rings is 3. The van der Waals surface area contributed by atoms with Gasteiger partial charge in [-0.15, -0.1) is 0 Å². The number of hydrogen-bond donors (Lipinski definition) is 2. The van der Waals surface area contributed by atoms with E-state index >= 15 is 0 Å². The highest BCUT2D eigenvalue weighted by atomic mass is 16.5. The topological polar surface area (TPSA) is 86.3 Å². The molecule has 3 aromatic carbocycles. The second-order valence-electron chi connectivity index (χ2n) is 10.4. The van der Waals surface area contributed by atoms with Crippen LogP contribution in [0.2, 0.25) is 0 Å². The number of Topliss-reactive ketones (excluding diaryl/α,β-unsaturated/α-hetero) is 1. The lowest BCUT2D eigenvalue weighted by atomic mass is 9.76. The molecule has 3 N–H and O–H groups in total. The zero-order valence-electron chi connectivity index (χ0n) is 21.4. The predicted molar refractivity (Wildman–Crippen MR) is 146 cm³/mol. The summed E-state index contributed by atoms with van der Waals surface area (Å²) in [5.74, 6) is 0.411. The number of carbonyl (C=O) groups excluding carboxylic acids is 2. The molecule has 5 rings (SSSR count). The maximum absolute atomic E-state index is 12.8. The molecule has 1 heterocycles. The third-order valence-corrected chi connectivity index (χ3v) is 6.78. The van der Waals surface area contributed by atoms with Crippen molar-refractivity contribution in [2.24, 2.45) is 11.1 Å². The Morgan fingerprint density at radius 1 is 1.00 bits per heavy atom. The van der Waals surface area contributed by atoms with Gasteiger partial charge in [0.05, 0.1) is 11.3 Å². The smallest absolute Gasteiger partial charge is 0.250 e. The molecule has 6 nitrogen and oxygen atoms in total. The van der Waals surface area contributed by atoms with E-state index in [9.17, 15) is 9.59 Å². The summed E-state index contributed by atoms with van der Waals surface area (Å²) >= 11 is 0. The van der Waals surface area contributed by atoms with Crippen molar-refractivity contribution in [3.8, 4) is 11.4 Å². The number of aryl methyl sites for hydroxylation is 1. The van der Waals surface area contributed by atoms with Gasteiger partial charge in [-0.25, -0.2) is 0 Å². The van der Waals surface area contributed by atoms with Gasteiger partial charge in [0.1, 0.15) is 12.4 Å². The number of anilines is 2. The molecular weight excluding hydrogens is 462 g/mol. The summed E-state index contributed by atoms with van der Waals surface area (Å²) in [6.07, 6.45) is 1.34. The van der Waals surface area contributed by atoms with E-state index in [2.05, 4.69) is 23.7 Å². The molecule has 1 amide bonds. The second kappa shape index (κ2) is 9.62. The number of fused-ring (bicyclic) bond motifs is 1. The number of nitrogens with zero attached hydrogens (tertiary/aromatic N) is 1. The van der Waals surface area contributed by atoms with Crippen LogP contribution in [0.1, 0.15) is 57.9 Å². The van der Waals surface area contributed by atoms with Crippen molar-refractivity contribution in [2.75, 3.05) is 5.32 Å². The largest absolute Gasteiger partial charge is 0.489 e. The molecule has 1 aliphatic carbocycles. The molecule has 0 aliphatic heterocycles. The molecule has 37 heavy (non-hydrogen) atoms. The molecule has 0 radical (unpaired) electrons. The number of amides is 1. The van der Waals surface area contributed by atoms with E-state index < -0.39 is 5.91 Å². The van der Waals surface area contributed by atoms with Gasteiger partial charge in [0.15, 0.2) is 5.78 Å². The molecule has 0 unspecified atom stereocenters. The molecule has 0 saturated carbocycles. The first-order valence-electron chi connectivity index (χ1n) is 12.4. The van der Waals surface area contributed by atoms with Crippen LogP contribution in [0.4, 0.5) is 11.4 Å². The van der Waals surface area contributed by atoms with Crippen molar-refractivity contribution in [3.63, 3.8) is 0 Å². The highest BCUT2D eigenvalue weighted by molar-refractivity contribution is 6.00. The van der Waals surface area contributed by atoms with E-state index in [1.807, 2.05) is 79.7 Å². The van der Waals surface area contributed by atoms with Gasteiger partial charge >= 0.3 is 0 Å². The van der Waals surface area contributed by atoms with Gasteiger partial charge in [-0.3, -0.25) is 9.59 Å². The number of hydrogen-bond acceptors (Lipinski definition) is 4. The van der Waals surface area contributed by atoms with Gasteiger partial charge in [-0.1, -0.05) is 44.2 Å². The van der Waals surface area contributed by atoms with Crippen molar-refractivity contribution in [3.05, 3.63) is 107 Å². The van der Waals surface area contributed by atoms with Gasteiger partial charge in [0.2, 0.25) is 0 Å². The van der Waals surface area contributed by atoms with Gasteiger partial charge in [0, 0.05) is 34.7 Å². The van der Waals surface area contributed by atoms with Crippen molar-refractivity contribution in [1.82, 2.24) is 4.57 Å². The average molecular weight is 494 g/mol. The quantitative estimate of drug-likeness (QED) is 0.314. The fourth-order valence-electron chi connectivity index (χ4n) is 5.03. The van der Waals surface area contributed by atoms with E-state index in [-0.39, 0.29) is 11.2 Å². The predicted octanol–water partition coefficient (Wildman–Crippen LogP) is 6.36. The fraction of sp³-hybridized carbons (Fsp3) is 0.226. The Hall–Kier alpha value is -4.32. The number of primary amides is 1. The van der Waals surface area contributed by atoms with E-state index in [1.165, 1.54) is 0 Å². The van der Waals surface area contributed by atoms with E-state index in [0.29, 0.717) is 24.3 Å². The van der Waals surface area contributed by atoms with Crippen LogP contribution in [0.5, 0.6) is 5.75 Å². The summed E-state index contributed by atoms with van der Waals surface area (Å²) in [5.41, 5.74) is 12.1. The maximum Gasteiger partial charge on any atom is 0.250 e. The zero-order chi connectivity index (χ0) is 26.2. The minimum absolute atomic E-state index is 0.106. The lowest BCUT2D eigenvalue weighted by Gasteiger charge is -2.30. The van der Waals surface area contributed by atoms with Crippen LogP contribution in [0.15, 0.2) is 78.9 Å². The Labute approximate surface area is 217 Å². The summed E-state index contributed by atoms with van der Waals surface area (Å²) in [6, 6.07) is 25.1. The molecule has 0 atom stereocenters. The van der Waals surface area contributed by atoms with E-state index in [4.69, 9.17) is 10.5 Å². The highest BCUT2D eigenvalue weighted by Crippen LogP contribution is 2.38. The van der Waals surface area contributed by atoms with Crippen LogP contribution in [-0.2, 0) is 13.0 Å². The average Bonchev–Trinajstić information content (AvgIpc) is 3.19. The minimum Gasteiger partial charge on any atom is -0.489 e. The van der Waals surface area contributed by atoms with Crippen LogP contribution >= 0.6 is 0 Å². The summed E-state index contributed by atoms with van der Waals surface area (Å²) < 4.78 is 8.00. The number of rotatable bonds is 7. The summed E-state index contributed by atoms with van der Waals surface area (Å²) in [6.45, 7) is 6.73. The second-order valence-corrected chi connectivity index (χ2v) is 10.4. The molecule has 0 saturated heterocycles. The molecule has 188 valence electrons. The molecule has 0 spiro atoms. The zero-order valence-corrected chi connectivity index (χ0v) is 21.4. The molecule has 1 aliphatic rings. The van der Waals surface area contributed by atoms with Gasteiger partial charge < -0.3 is 20.4 Å². The molecule has 6 heteroatoms. The van der Waals surface area contributed by atoms with Crippen LogP contribution in [0, 0.1) is 12.3 Å². The normalized spacial score (nSPS) is 14.2. The third-order valence-electron chi connectivity index (χ3n) is 6.78. The van der Waals surface area contributed by atoms with Crippen LogP contribution in [-0.4, -0.2) is 16.3 Å². The molecular formula is C31H31N3O3. The standard InChI is InChI=1S/C31H31N3O3/c1-20-15-26-28(17-31(2,3)18-29(26)35)34(20)23-11-14-25(30(32)36)27(16-23)33-22-9-12-24(13-10-22)37-19-21-7-5-4-6-8-21/h4-16,33H,17-19H2,1-3H3,(H2,32,36). The Kier molecular flexibility index (Phi) is 6.34. The van der Waals surface area contributed by atoms with Crippen LogP contribution < -0.4 is 15.8 Å². The number of ketones is 1. The lowest BCUT2D eigenvalue weighted by molar-refractivity contribution is 0.0910. The van der Waals surface area contributed by atoms with Crippen LogP contribution in [0.25, 0.3) is 5.69 Å². The maximum atomic E-state index is 12.8. The van der Waals surface area contributed by atoms with Crippen molar-refractivity contribution in [1.29, 1.82) is 0 Å². The SMILES string of the molecule is Cc1cc2c(n1-c1ccc(C(N)=O)c(Nc3ccc(OCc4ccccc4)cc3)c1)CC(C)(C)CC2=O. The van der Waals surface area contributed by atoms with E-state index in [0.717, 1.165) is 46.1 Å². The van der Waals surface area contributed by atoms with Crippen LogP contribution in [0.3, 0.4) is 0 Å². The third kappa shape index (κ3) is 5.14. The minimum atomic E-state index is -0.514. The first kappa shape index (κ1) is 24.4. The molecule has 0 bridgehead atoms. The first-order chi connectivity index (χ1) is 17.7. The molecule has 0 fully saturated rings. The lowest BCUT2D eigenvalue weighted by Crippen LogP contribution is -2.27. The monoisotopic (exact) mass is 493 g/mol. The number of nitrogens with one attached hydrogen (secondary N) is 1. The summed E-state index contributed by atoms with van der Waals surface area (Å²) in [4.78, 5) is 25.0. The summed E-state index contributed by atoms with van der Waals surface area (Å²) in [7, 11) is 0. The number of ether oxygens (including phenoxy) is 1.